The molecule has 9 heteroatoms. The van der Waals surface area contributed by atoms with E-state index < -0.39 is 12.1 Å². The summed E-state index contributed by atoms with van der Waals surface area (Å²) in [5.74, 6) is -1.72. The monoisotopic (exact) mass is 572 g/mol. The van der Waals surface area contributed by atoms with Gasteiger partial charge in [0.15, 0.2) is 0 Å². The van der Waals surface area contributed by atoms with Gasteiger partial charge < -0.3 is 20.1 Å². The quantitative estimate of drug-likeness (QED) is 0.163. The Bertz CT molecular complexity index is 1490. The number of rotatable bonds is 13. The molecule has 2 heterocycles. The van der Waals surface area contributed by atoms with E-state index in [0.717, 1.165) is 23.4 Å². The molecule has 0 spiro atoms. The van der Waals surface area contributed by atoms with E-state index in [1.165, 1.54) is 18.5 Å². The number of hydrogen-bond acceptors (Lipinski definition) is 5. The Labute approximate surface area is 245 Å². The Morgan fingerprint density at radius 3 is 2.36 bits per heavy atom. The van der Waals surface area contributed by atoms with Gasteiger partial charge in [0.2, 0.25) is 0 Å². The summed E-state index contributed by atoms with van der Waals surface area (Å²) in [6.07, 6.45) is 3.55. The van der Waals surface area contributed by atoms with Gasteiger partial charge in [0.05, 0.1) is 29.5 Å². The summed E-state index contributed by atoms with van der Waals surface area (Å²) in [7, 11) is 0. The molecule has 0 aliphatic heterocycles. The number of carbonyl (C=O) groups excluding carboxylic acids is 1. The van der Waals surface area contributed by atoms with Crippen LogP contribution in [0.3, 0.4) is 0 Å². The maximum Gasteiger partial charge on any atom is 0.305 e. The summed E-state index contributed by atoms with van der Waals surface area (Å²) in [6, 6.07) is 17.2. The second-order valence-electron chi connectivity index (χ2n) is 10.8. The topological polar surface area (TPSA) is 117 Å². The third kappa shape index (κ3) is 7.28. The normalized spacial score (nSPS) is 12.7. The molecule has 0 saturated carbocycles. The Balaban J connectivity index is 1.90. The van der Waals surface area contributed by atoms with Crippen LogP contribution in [0.2, 0.25) is 0 Å². The number of anilines is 1. The fourth-order valence-corrected chi connectivity index (χ4v) is 5.48. The predicted molar refractivity (Wildman–Crippen MR) is 161 cm³/mol. The van der Waals surface area contributed by atoms with Crippen molar-refractivity contribution < 1.29 is 24.2 Å². The molecule has 2 atom stereocenters. The SMILES string of the molecule is CCC(CCn1c(-c2ccc(F)cc2)c(-c2ccncn2)c(C(=O)Nc2ccccc2)c1C(C)C)CC(O)CC(=O)O. The standard InChI is InChI=1S/C33H37FN4O4/c1-4-22(18-26(39)19-28(40)41)15-17-38-31(21(2)3)30(33(42)37-25-8-6-5-7-9-25)29(27-14-16-35-20-36-27)32(38)23-10-12-24(34)13-11-23/h5-14,16,20-22,26,39H,4,15,17-19H2,1-3H3,(H,37,42)(H,40,41). The highest BCUT2D eigenvalue weighted by molar-refractivity contribution is 6.12. The molecule has 1 amide bonds. The molecule has 8 nitrogen and oxygen atoms in total. The number of benzene rings is 2. The molecule has 0 aliphatic rings. The molecule has 42 heavy (non-hydrogen) atoms. The number of para-hydroxylation sites is 1. The molecule has 4 rings (SSSR count). The number of carbonyl (C=O) groups is 2. The molecule has 2 aromatic heterocycles. The van der Waals surface area contributed by atoms with Gasteiger partial charge in [-0.05, 0) is 72.7 Å². The zero-order valence-electron chi connectivity index (χ0n) is 24.1. The van der Waals surface area contributed by atoms with Gasteiger partial charge >= 0.3 is 5.97 Å². The van der Waals surface area contributed by atoms with E-state index in [1.807, 2.05) is 51.1 Å². The Hall–Kier alpha value is -4.37. The second-order valence-corrected chi connectivity index (χ2v) is 10.8. The van der Waals surface area contributed by atoms with Crippen LogP contribution >= 0.6 is 0 Å². The molecule has 3 N–H and O–H groups in total. The first-order chi connectivity index (χ1) is 20.2. The molecule has 4 aromatic rings. The molecule has 2 unspecified atom stereocenters. The molecule has 0 bridgehead atoms. The van der Waals surface area contributed by atoms with Crippen LogP contribution in [0.25, 0.3) is 22.5 Å². The number of nitrogens with zero attached hydrogens (tertiary/aromatic N) is 3. The van der Waals surface area contributed by atoms with Gasteiger partial charge in [-0.2, -0.15) is 0 Å². The van der Waals surface area contributed by atoms with E-state index in [4.69, 9.17) is 5.11 Å². The molecule has 0 saturated heterocycles. The fraction of sp³-hybridized carbons (Fsp3) is 0.333. The van der Waals surface area contributed by atoms with Crippen molar-refractivity contribution in [3.05, 3.63) is 90.3 Å². The van der Waals surface area contributed by atoms with Gasteiger partial charge in [0.1, 0.15) is 12.1 Å². The number of hydrogen-bond donors (Lipinski definition) is 3. The van der Waals surface area contributed by atoms with E-state index in [-0.39, 0.29) is 30.0 Å². The third-order valence-corrected chi connectivity index (χ3v) is 7.42. The van der Waals surface area contributed by atoms with E-state index in [0.29, 0.717) is 41.9 Å². The summed E-state index contributed by atoms with van der Waals surface area (Å²) in [4.78, 5) is 33.8. The highest BCUT2D eigenvalue weighted by Crippen LogP contribution is 2.42. The van der Waals surface area contributed by atoms with Crippen LogP contribution in [0.1, 0.15) is 68.4 Å². The Morgan fingerprint density at radius 2 is 1.76 bits per heavy atom. The average molecular weight is 573 g/mol. The minimum Gasteiger partial charge on any atom is -0.481 e. The maximum absolute atomic E-state index is 14.1. The van der Waals surface area contributed by atoms with Crippen LogP contribution in [0, 0.1) is 11.7 Å². The molecular formula is C33H37FN4O4. The van der Waals surface area contributed by atoms with E-state index in [1.54, 1.807) is 24.4 Å². The number of carboxylic acids is 1. The Kier molecular flexibility index (Phi) is 10.2. The number of aromatic nitrogens is 3. The van der Waals surface area contributed by atoms with Gasteiger partial charge in [-0.3, -0.25) is 9.59 Å². The predicted octanol–water partition coefficient (Wildman–Crippen LogP) is 6.77. The molecule has 2 aromatic carbocycles. The van der Waals surface area contributed by atoms with Crippen molar-refractivity contribution in [2.45, 2.75) is 65.0 Å². The average Bonchev–Trinajstić information content (AvgIpc) is 3.32. The summed E-state index contributed by atoms with van der Waals surface area (Å²) in [5, 5.41) is 22.5. The zero-order valence-corrected chi connectivity index (χ0v) is 24.1. The van der Waals surface area contributed by atoms with Crippen molar-refractivity contribution in [2.75, 3.05) is 5.32 Å². The van der Waals surface area contributed by atoms with E-state index >= 15 is 0 Å². The lowest BCUT2D eigenvalue weighted by Crippen LogP contribution is -2.19. The number of halogens is 1. The van der Waals surface area contributed by atoms with Crippen LogP contribution in [0.5, 0.6) is 0 Å². The van der Waals surface area contributed by atoms with Crippen LogP contribution in [0.15, 0.2) is 73.2 Å². The molecule has 0 radical (unpaired) electrons. The number of amides is 1. The van der Waals surface area contributed by atoms with Crippen molar-refractivity contribution in [3.8, 4) is 22.5 Å². The smallest absolute Gasteiger partial charge is 0.305 e. The number of carboxylic acid groups (broad SMARTS) is 1. The highest BCUT2D eigenvalue weighted by atomic mass is 19.1. The summed E-state index contributed by atoms with van der Waals surface area (Å²) in [6.45, 7) is 6.56. The lowest BCUT2D eigenvalue weighted by molar-refractivity contribution is -0.139. The maximum atomic E-state index is 14.1. The number of aliphatic hydroxyl groups is 1. The Morgan fingerprint density at radius 1 is 1.05 bits per heavy atom. The van der Waals surface area contributed by atoms with Crippen molar-refractivity contribution >= 4 is 17.6 Å². The van der Waals surface area contributed by atoms with E-state index in [9.17, 15) is 19.1 Å². The molecule has 0 aliphatic carbocycles. The summed E-state index contributed by atoms with van der Waals surface area (Å²) in [5.41, 5.74) is 4.58. The van der Waals surface area contributed by atoms with Crippen molar-refractivity contribution in [2.24, 2.45) is 5.92 Å². The van der Waals surface area contributed by atoms with Gasteiger partial charge in [0.25, 0.3) is 5.91 Å². The lowest BCUT2D eigenvalue weighted by Gasteiger charge is -2.22. The number of aliphatic carboxylic acids is 1. The van der Waals surface area contributed by atoms with Gasteiger partial charge in [-0.15, -0.1) is 0 Å². The van der Waals surface area contributed by atoms with Gasteiger partial charge in [-0.25, -0.2) is 14.4 Å². The minimum absolute atomic E-state index is 0.0481. The first-order valence-corrected chi connectivity index (χ1v) is 14.2. The summed E-state index contributed by atoms with van der Waals surface area (Å²) >= 11 is 0. The zero-order chi connectivity index (χ0) is 30.2. The molecule has 0 fully saturated rings. The van der Waals surface area contributed by atoms with Crippen LogP contribution < -0.4 is 5.32 Å². The minimum atomic E-state index is -1.04. The molecule has 220 valence electrons. The largest absolute Gasteiger partial charge is 0.481 e. The van der Waals surface area contributed by atoms with Crippen molar-refractivity contribution in [1.29, 1.82) is 0 Å². The van der Waals surface area contributed by atoms with Crippen LogP contribution in [-0.4, -0.2) is 42.7 Å². The van der Waals surface area contributed by atoms with E-state index in [2.05, 4.69) is 19.9 Å². The molecular weight excluding hydrogens is 535 g/mol. The highest BCUT2D eigenvalue weighted by Gasteiger charge is 2.31. The van der Waals surface area contributed by atoms with Gasteiger partial charge in [0, 0.05) is 29.7 Å². The van der Waals surface area contributed by atoms with Crippen molar-refractivity contribution in [1.82, 2.24) is 14.5 Å². The third-order valence-electron chi connectivity index (χ3n) is 7.42. The second kappa shape index (κ2) is 14.0. The van der Waals surface area contributed by atoms with Crippen LogP contribution in [-0.2, 0) is 11.3 Å². The van der Waals surface area contributed by atoms with Gasteiger partial charge in [-0.1, -0.05) is 45.4 Å². The fourth-order valence-electron chi connectivity index (χ4n) is 5.48. The number of aliphatic hydroxyl groups excluding tert-OH is 1. The van der Waals surface area contributed by atoms with Crippen LogP contribution in [0.4, 0.5) is 10.1 Å². The first kappa shape index (κ1) is 30.6. The van der Waals surface area contributed by atoms with Crippen molar-refractivity contribution in [3.63, 3.8) is 0 Å². The lowest BCUT2D eigenvalue weighted by atomic mass is 9.93. The first-order valence-electron chi connectivity index (χ1n) is 14.2. The summed E-state index contributed by atoms with van der Waals surface area (Å²) < 4.78 is 16.2. The number of nitrogens with one attached hydrogen (secondary N) is 1.